The van der Waals surface area contributed by atoms with Gasteiger partial charge in [-0.1, -0.05) is 30.3 Å². The van der Waals surface area contributed by atoms with Crippen LogP contribution in [0.25, 0.3) is 11.0 Å². The molecule has 0 bridgehead atoms. The lowest BCUT2D eigenvalue weighted by molar-refractivity contribution is 0.0523. The second kappa shape index (κ2) is 8.67. The third-order valence-corrected chi connectivity index (χ3v) is 4.17. The number of aromatic amines is 1. The predicted octanol–water partition coefficient (Wildman–Crippen LogP) is 3.13. The molecule has 2 aromatic heterocycles. The molecule has 2 heterocycles. The maximum Gasteiger partial charge on any atom is 0.343 e. The smallest absolute Gasteiger partial charge is 0.343 e. The molecule has 0 aliphatic rings. The van der Waals surface area contributed by atoms with Gasteiger partial charge in [0.25, 0.3) is 0 Å². The summed E-state index contributed by atoms with van der Waals surface area (Å²) in [5.41, 5.74) is 2.14. The number of carbonyl (C=O) groups excluding carboxylic acids is 1. The number of fused-ring (bicyclic) bond motifs is 1. The van der Waals surface area contributed by atoms with E-state index in [1.165, 1.54) is 6.20 Å². The van der Waals surface area contributed by atoms with Crippen LogP contribution in [0.4, 0.5) is 0 Å². The fraction of sp³-hybridized carbons (Fsp3) is 0.316. The molecule has 0 atom stereocenters. The molecule has 3 rings (SSSR count). The molecule has 7 heteroatoms. The number of carbonyl (C=O) groups is 1. The van der Waals surface area contributed by atoms with E-state index in [9.17, 15) is 9.59 Å². The summed E-state index contributed by atoms with van der Waals surface area (Å²) >= 11 is 0. The highest BCUT2D eigenvalue weighted by atomic mass is 35.5. The van der Waals surface area contributed by atoms with Crippen molar-refractivity contribution in [3.05, 3.63) is 63.6 Å². The summed E-state index contributed by atoms with van der Waals surface area (Å²) in [6, 6.07) is 9.95. The third kappa shape index (κ3) is 3.80. The van der Waals surface area contributed by atoms with Gasteiger partial charge in [0.2, 0.25) is 5.43 Å². The number of aromatic nitrogens is 3. The zero-order chi connectivity index (χ0) is 17.8. The van der Waals surface area contributed by atoms with Crippen LogP contribution in [0.3, 0.4) is 0 Å². The van der Waals surface area contributed by atoms with E-state index in [0.29, 0.717) is 29.7 Å². The lowest BCUT2D eigenvalue weighted by Gasteiger charge is -2.10. The Bertz CT molecular complexity index is 948. The van der Waals surface area contributed by atoms with Crippen molar-refractivity contribution in [1.82, 2.24) is 14.8 Å². The van der Waals surface area contributed by atoms with Crippen LogP contribution in [0.15, 0.2) is 41.3 Å². The molecular weight excluding hydrogens is 354 g/mol. The summed E-state index contributed by atoms with van der Waals surface area (Å²) < 4.78 is 6.82. The molecule has 0 saturated carbocycles. The summed E-state index contributed by atoms with van der Waals surface area (Å²) in [5.74, 6) is -0.585. The van der Waals surface area contributed by atoms with Crippen LogP contribution in [0.1, 0.15) is 35.5 Å². The van der Waals surface area contributed by atoms with Gasteiger partial charge in [0.1, 0.15) is 11.2 Å². The number of hydrogen-bond donors (Lipinski definition) is 1. The minimum absolute atomic E-state index is 0. The van der Waals surface area contributed by atoms with Crippen molar-refractivity contribution in [1.29, 1.82) is 0 Å². The normalized spacial score (nSPS) is 10.5. The van der Waals surface area contributed by atoms with Gasteiger partial charge in [-0.15, -0.1) is 12.4 Å². The molecular formula is C19H22ClN3O3. The van der Waals surface area contributed by atoms with E-state index in [1.54, 1.807) is 11.6 Å². The van der Waals surface area contributed by atoms with Crippen LogP contribution in [0.5, 0.6) is 0 Å². The summed E-state index contributed by atoms with van der Waals surface area (Å²) in [7, 11) is 0. The third-order valence-electron chi connectivity index (χ3n) is 4.17. The molecule has 0 unspecified atom stereocenters. The maximum atomic E-state index is 12.8. The molecule has 138 valence electrons. The predicted molar refractivity (Wildman–Crippen MR) is 103 cm³/mol. The molecule has 0 spiro atoms. The number of benzene rings is 1. The lowest BCUT2D eigenvalue weighted by Crippen LogP contribution is -2.22. The minimum atomic E-state index is -0.585. The number of nitrogens with zero attached hydrogens (tertiary/aromatic N) is 2. The van der Waals surface area contributed by atoms with Gasteiger partial charge in [-0.3, -0.25) is 4.79 Å². The van der Waals surface area contributed by atoms with Crippen LogP contribution in [0.2, 0.25) is 0 Å². The standard InChI is InChI=1S/C19H21N3O3.ClH/c1-3-22-18-14(12-20-22)17(23)16(19(24)25-4-2)15(21-18)11-10-13-8-6-5-7-9-13;/h5-9,12H,3-4,10-11H2,1-2H3,(H,21,23);1H. The van der Waals surface area contributed by atoms with Gasteiger partial charge < -0.3 is 9.72 Å². The Hall–Kier alpha value is -2.60. The van der Waals surface area contributed by atoms with Crippen molar-refractivity contribution in [2.24, 2.45) is 0 Å². The van der Waals surface area contributed by atoms with E-state index in [2.05, 4.69) is 10.1 Å². The topological polar surface area (TPSA) is 77.0 Å². The summed E-state index contributed by atoms with van der Waals surface area (Å²) in [6.07, 6.45) is 2.76. The monoisotopic (exact) mass is 375 g/mol. The number of ether oxygens (including phenoxy) is 1. The average Bonchev–Trinajstić information content (AvgIpc) is 3.04. The first-order valence-electron chi connectivity index (χ1n) is 8.47. The highest BCUT2D eigenvalue weighted by Gasteiger charge is 2.21. The number of aryl methyl sites for hydroxylation is 3. The molecule has 0 aliphatic carbocycles. The number of esters is 1. The van der Waals surface area contributed by atoms with Gasteiger partial charge in [-0.2, -0.15) is 5.10 Å². The lowest BCUT2D eigenvalue weighted by atomic mass is 10.0. The summed E-state index contributed by atoms with van der Waals surface area (Å²) in [6.45, 7) is 4.54. The largest absolute Gasteiger partial charge is 0.462 e. The first-order valence-corrected chi connectivity index (χ1v) is 8.47. The molecule has 0 radical (unpaired) electrons. The van der Waals surface area contributed by atoms with E-state index in [0.717, 1.165) is 12.0 Å². The molecule has 3 aromatic rings. The van der Waals surface area contributed by atoms with Crippen LogP contribution in [0, 0.1) is 0 Å². The Morgan fingerprint density at radius 2 is 1.92 bits per heavy atom. The number of H-pyrrole nitrogens is 1. The van der Waals surface area contributed by atoms with E-state index >= 15 is 0 Å². The van der Waals surface area contributed by atoms with E-state index < -0.39 is 5.97 Å². The van der Waals surface area contributed by atoms with Crippen molar-refractivity contribution >= 4 is 29.4 Å². The molecule has 6 nitrogen and oxygen atoms in total. The van der Waals surface area contributed by atoms with E-state index in [1.807, 2.05) is 37.3 Å². The molecule has 1 aromatic carbocycles. The molecule has 0 aliphatic heterocycles. The highest BCUT2D eigenvalue weighted by molar-refractivity contribution is 5.94. The van der Waals surface area contributed by atoms with E-state index in [4.69, 9.17) is 4.74 Å². The number of nitrogens with one attached hydrogen (secondary N) is 1. The van der Waals surface area contributed by atoms with Crippen molar-refractivity contribution in [3.8, 4) is 0 Å². The summed E-state index contributed by atoms with van der Waals surface area (Å²) in [4.78, 5) is 28.4. The molecule has 0 fully saturated rings. The minimum Gasteiger partial charge on any atom is -0.462 e. The van der Waals surface area contributed by atoms with Crippen LogP contribution >= 0.6 is 12.4 Å². The van der Waals surface area contributed by atoms with Gasteiger partial charge in [-0.05, 0) is 32.3 Å². The second-order valence-electron chi connectivity index (χ2n) is 5.74. The van der Waals surface area contributed by atoms with Crippen molar-refractivity contribution in [2.75, 3.05) is 6.61 Å². The van der Waals surface area contributed by atoms with Crippen LogP contribution in [-0.4, -0.2) is 27.3 Å². The number of halogens is 1. The van der Waals surface area contributed by atoms with Gasteiger partial charge in [0.15, 0.2) is 0 Å². The Labute approximate surface area is 157 Å². The van der Waals surface area contributed by atoms with Gasteiger partial charge in [0, 0.05) is 12.2 Å². The Morgan fingerprint density at radius 3 is 2.58 bits per heavy atom. The number of pyridine rings is 1. The summed E-state index contributed by atoms with van der Waals surface area (Å²) in [5, 5.41) is 4.62. The maximum absolute atomic E-state index is 12.8. The van der Waals surface area contributed by atoms with Crippen molar-refractivity contribution < 1.29 is 9.53 Å². The van der Waals surface area contributed by atoms with Crippen molar-refractivity contribution in [2.45, 2.75) is 33.2 Å². The van der Waals surface area contributed by atoms with Gasteiger partial charge in [0.05, 0.1) is 18.2 Å². The fourth-order valence-corrected chi connectivity index (χ4v) is 2.92. The number of rotatable bonds is 6. The zero-order valence-corrected chi connectivity index (χ0v) is 15.6. The van der Waals surface area contributed by atoms with Gasteiger partial charge in [-0.25, -0.2) is 9.48 Å². The Kier molecular flexibility index (Phi) is 6.58. The van der Waals surface area contributed by atoms with Crippen LogP contribution < -0.4 is 5.43 Å². The molecule has 26 heavy (non-hydrogen) atoms. The Balaban J connectivity index is 0.00000243. The highest BCUT2D eigenvalue weighted by Crippen LogP contribution is 2.15. The molecule has 0 amide bonds. The molecule has 0 saturated heterocycles. The average molecular weight is 376 g/mol. The van der Waals surface area contributed by atoms with Crippen LogP contribution in [-0.2, 0) is 24.1 Å². The number of hydrogen-bond acceptors (Lipinski definition) is 4. The van der Waals surface area contributed by atoms with Gasteiger partial charge >= 0.3 is 5.97 Å². The van der Waals surface area contributed by atoms with E-state index in [-0.39, 0.29) is 30.0 Å². The fourth-order valence-electron chi connectivity index (χ4n) is 2.92. The SMILES string of the molecule is CCOC(=O)c1c(CCc2ccccc2)[nH]c2c(cnn2CC)c1=O.Cl. The second-order valence-corrected chi connectivity index (χ2v) is 5.74. The van der Waals surface area contributed by atoms with Crippen molar-refractivity contribution in [3.63, 3.8) is 0 Å². The first kappa shape index (κ1) is 19.7. The quantitative estimate of drug-likeness (QED) is 0.671. The Morgan fingerprint density at radius 1 is 1.19 bits per heavy atom. The zero-order valence-electron chi connectivity index (χ0n) is 14.8. The molecule has 1 N–H and O–H groups in total. The first-order chi connectivity index (χ1) is 12.2.